The lowest BCUT2D eigenvalue weighted by molar-refractivity contribution is -0.120. The van der Waals surface area contributed by atoms with Gasteiger partial charge >= 0.3 is 0 Å². The maximum absolute atomic E-state index is 11.1. The Morgan fingerprint density at radius 1 is 1.77 bits per heavy atom. The van der Waals surface area contributed by atoms with E-state index in [2.05, 4.69) is 10.3 Å². The molecule has 1 aromatic rings. The first-order valence-electron chi connectivity index (χ1n) is 4.21. The highest BCUT2D eigenvalue weighted by atomic mass is 32.1. The van der Waals surface area contributed by atoms with Crippen LogP contribution < -0.4 is 11.1 Å². The third-order valence-electron chi connectivity index (χ3n) is 2.00. The molecule has 13 heavy (non-hydrogen) atoms. The number of amides is 1. The van der Waals surface area contributed by atoms with Gasteiger partial charge in [-0.2, -0.15) is 0 Å². The van der Waals surface area contributed by atoms with Crippen LogP contribution in [0.2, 0.25) is 0 Å². The number of aromatic nitrogens is 1. The molecular weight excluding hydrogens is 186 g/mol. The minimum Gasteiger partial charge on any atom is -0.368 e. The molecule has 0 spiro atoms. The molecule has 3 N–H and O–H groups in total. The standard InChI is InChI=1S/C8H11N3OS/c9-8(12)7(11-5-1-2-5)6-3-10-4-13-6/h3-5,7,11H,1-2H2,(H2,9,12). The number of hydrogen-bond donors (Lipinski definition) is 2. The predicted octanol–water partition coefficient (Wildman–Crippen LogP) is 0.421. The van der Waals surface area contributed by atoms with E-state index in [-0.39, 0.29) is 11.9 Å². The normalized spacial score (nSPS) is 18.5. The van der Waals surface area contributed by atoms with Gasteiger partial charge in [-0.1, -0.05) is 0 Å². The first kappa shape index (κ1) is 8.65. The molecule has 1 unspecified atom stereocenters. The second kappa shape index (κ2) is 3.43. The number of nitrogens with one attached hydrogen (secondary N) is 1. The fourth-order valence-electron chi connectivity index (χ4n) is 1.16. The van der Waals surface area contributed by atoms with Crippen LogP contribution in [0.15, 0.2) is 11.7 Å². The predicted molar refractivity (Wildman–Crippen MR) is 50.2 cm³/mol. The molecule has 2 rings (SSSR count). The molecule has 5 heteroatoms. The second-order valence-corrected chi connectivity index (χ2v) is 4.10. The van der Waals surface area contributed by atoms with Gasteiger partial charge in [-0.3, -0.25) is 15.1 Å². The molecule has 0 saturated heterocycles. The molecule has 1 saturated carbocycles. The van der Waals surface area contributed by atoms with Crippen LogP contribution in [0.3, 0.4) is 0 Å². The molecule has 4 nitrogen and oxygen atoms in total. The maximum Gasteiger partial charge on any atom is 0.240 e. The first-order valence-corrected chi connectivity index (χ1v) is 5.09. The molecular formula is C8H11N3OS. The van der Waals surface area contributed by atoms with E-state index in [0.717, 1.165) is 17.7 Å². The lowest BCUT2D eigenvalue weighted by Gasteiger charge is -2.11. The molecule has 1 aliphatic carbocycles. The monoisotopic (exact) mass is 197 g/mol. The Balaban J connectivity index is 2.08. The molecule has 1 aromatic heterocycles. The summed E-state index contributed by atoms with van der Waals surface area (Å²) in [4.78, 5) is 15.9. The molecule has 1 fully saturated rings. The van der Waals surface area contributed by atoms with Gasteiger partial charge in [0.1, 0.15) is 6.04 Å². The van der Waals surface area contributed by atoms with E-state index in [9.17, 15) is 4.79 Å². The maximum atomic E-state index is 11.1. The largest absolute Gasteiger partial charge is 0.368 e. The van der Waals surface area contributed by atoms with E-state index in [1.807, 2.05) is 0 Å². The number of hydrogen-bond acceptors (Lipinski definition) is 4. The van der Waals surface area contributed by atoms with Gasteiger partial charge in [0, 0.05) is 12.2 Å². The summed E-state index contributed by atoms with van der Waals surface area (Å²) in [6.45, 7) is 0. The molecule has 1 atom stereocenters. The van der Waals surface area contributed by atoms with Gasteiger partial charge < -0.3 is 5.73 Å². The molecule has 1 amide bonds. The average Bonchev–Trinajstić information content (AvgIpc) is 2.75. The molecule has 0 bridgehead atoms. The first-order chi connectivity index (χ1) is 6.27. The third kappa shape index (κ3) is 2.05. The van der Waals surface area contributed by atoms with Crippen molar-refractivity contribution in [2.24, 2.45) is 5.73 Å². The van der Waals surface area contributed by atoms with Crippen molar-refractivity contribution >= 4 is 17.2 Å². The summed E-state index contributed by atoms with van der Waals surface area (Å²) >= 11 is 1.45. The summed E-state index contributed by atoms with van der Waals surface area (Å²) < 4.78 is 0. The Morgan fingerprint density at radius 3 is 3.00 bits per heavy atom. The van der Waals surface area contributed by atoms with Gasteiger partial charge in [-0.05, 0) is 12.8 Å². The molecule has 70 valence electrons. The smallest absolute Gasteiger partial charge is 0.240 e. The van der Waals surface area contributed by atoms with Crippen LogP contribution in [0.1, 0.15) is 23.8 Å². The number of thiazole rings is 1. The number of carbonyl (C=O) groups is 1. The van der Waals surface area contributed by atoms with E-state index in [4.69, 9.17) is 5.73 Å². The second-order valence-electron chi connectivity index (χ2n) is 3.18. The number of nitrogens with zero attached hydrogens (tertiary/aromatic N) is 1. The zero-order valence-corrected chi connectivity index (χ0v) is 7.88. The lowest BCUT2D eigenvalue weighted by atomic mass is 10.2. The van der Waals surface area contributed by atoms with Gasteiger partial charge in [-0.15, -0.1) is 11.3 Å². The average molecular weight is 197 g/mol. The van der Waals surface area contributed by atoms with Crippen LogP contribution in [-0.4, -0.2) is 16.9 Å². The number of nitrogens with two attached hydrogens (primary N) is 1. The van der Waals surface area contributed by atoms with Crippen LogP contribution in [0.25, 0.3) is 0 Å². The summed E-state index contributed by atoms with van der Waals surface area (Å²) in [5.74, 6) is -0.323. The fraction of sp³-hybridized carbons (Fsp3) is 0.500. The zero-order chi connectivity index (χ0) is 9.26. The SMILES string of the molecule is NC(=O)C(NC1CC1)c1cncs1. The van der Waals surface area contributed by atoms with Crippen molar-refractivity contribution in [3.05, 3.63) is 16.6 Å². The Bertz CT molecular complexity index is 294. The Labute approximate surface area is 80.2 Å². The lowest BCUT2D eigenvalue weighted by Crippen LogP contribution is -2.34. The van der Waals surface area contributed by atoms with E-state index < -0.39 is 0 Å². The van der Waals surface area contributed by atoms with Crippen molar-refractivity contribution in [3.8, 4) is 0 Å². The van der Waals surface area contributed by atoms with E-state index in [1.54, 1.807) is 11.7 Å². The Morgan fingerprint density at radius 2 is 2.54 bits per heavy atom. The molecule has 0 aliphatic heterocycles. The summed E-state index contributed by atoms with van der Waals surface area (Å²) in [5, 5.41) is 3.19. The van der Waals surface area contributed by atoms with Gasteiger partial charge in [0.2, 0.25) is 5.91 Å². The molecule has 1 heterocycles. The summed E-state index contributed by atoms with van der Waals surface area (Å²) in [6, 6.07) is 0.125. The van der Waals surface area contributed by atoms with Crippen molar-refractivity contribution < 1.29 is 4.79 Å². The number of primary amides is 1. The van der Waals surface area contributed by atoms with Crippen LogP contribution in [-0.2, 0) is 4.79 Å². The van der Waals surface area contributed by atoms with Gasteiger partial charge in [0.15, 0.2) is 0 Å². The van der Waals surface area contributed by atoms with Crippen molar-refractivity contribution in [1.82, 2.24) is 10.3 Å². The third-order valence-corrected chi connectivity index (χ3v) is 2.84. The minimum absolute atomic E-state index is 0.323. The van der Waals surface area contributed by atoms with E-state index >= 15 is 0 Å². The van der Waals surface area contributed by atoms with Gasteiger partial charge in [0.05, 0.1) is 10.4 Å². The summed E-state index contributed by atoms with van der Waals surface area (Å²) in [6.07, 6.45) is 3.97. The Kier molecular flexibility index (Phi) is 2.28. The topological polar surface area (TPSA) is 68.0 Å². The number of rotatable bonds is 4. The van der Waals surface area contributed by atoms with Crippen LogP contribution >= 0.6 is 11.3 Å². The van der Waals surface area contributed by atoms with Crippen LogP contribution in [0, 0.1) is 0 Å². The van der Waals surface area contributed by atoms with Crippen LogP contribution in [0.5, 0.6) is 0 Å². The zero-order valence-electron chi connectivity index (χ0n) is 7.06. The van der Waals surface area contributed by atoms with Gasteiger partial charge in [0.25, 0.3) is 0 Å². The quantitative estimate of drug-likeness (QED) is 0.735. The summed E-state index contributed by atoms with van der Waals surface area (Å²) in [5.41, 5.74) is 6.99. The van der Waals surface area contributed by atoms with Crippen LogP contribution in [0.4, 0.5) is 0 Å². The summed E-state index contributed by atoms with van der Waals surface area (Å²) in [7, 11) is 0. The van der Waals surface area contributed by atoms with Crippen molar-refractivity contribution in [2.45, 2.75) is 24.9 Å². The van der Waals surface area contributed by atoms with Gasteiger partial charge in [-0.25, -0.2) is 0 Å². The minimum atomic E-state index is -0.347. The highest BCUT2D eigenvalue weighted by Gasteiger charge is 2.28. The van der Waals surface area contributed by atoms with Crippen molar-refractivity contribution in [1.29, 1.82) is 0 Å². The molecule has 1 aliphatic rings. The Hall–Kier alpha value is -0.940. The molecule has 0 radical (unpaired) electrons. The number of carbonyl (C=O) groups excluding carboxylic acids is 1. The van der Waals surface area contributed by atoms with Crippen molar-refractivity contribution in [3.63, 3.8) is 0 Å². The highest BCUT2D eigenvalue weighted by Crippen LogP contribution is 2.25. The van der Waals surface area contributed by atoms with E-state index in [1.165, 1.54) is 11.3 Å². The fourth-order valence-corrected chi connectivity index (χ4v) is 1.84. The highest BCUT2D eigenvalue weighted by molar-refractivity contribution is 7.09. The van der Waals surface area contributed by atoms with Crippen molar-refractivity contribution in [2.75, 3.05) is 0 Å². The molecule has 0 aromatic carbocycles. The van der Waals surface area contributed by atoms with E-state index in [0.29, 0.717) is 6.04 Å².